The van der Waals surface area contributed by atoms with Crippen LogP contribution in [0.4, 0.5) is 0 Å². The molecule has 0 aliphatic carbocycles. The highest BCUT2D eigenvalue weighted by Gasteiger charge is 1.99. The first-order valence-electron chi connectivity index (χ1n) is 6.38. The average molecular weight is 212 g/mol. The molecule has 0 amide bonds. The van der Waals surface area contributed by atoms with E-state index < -0.39 is 0 Å². The van der Waals surface area contributed by atoms with E-state index in [1.54, 1.807) is 0 Å². The molecule has 0 nitrogen and oxygen atoms in total. The summed E-state index contributed by atoms with van der Waals surface area (Å²) in [7, 11) is 0. The molecule has 84 valence electrons. The van der Waals surface area contributed by atoms with Crippen LogP contribution in [0.25, 0.3) is 10.8 Å². The zero-order valence-corrected chi connectivity index (χ0v) is 10.1. The number of aryl methyl sites for hydroxylation is 1. The summed E-state index contributed by atoms with van der Waals surface area (Å²) in [4.78, 5) is 0. The van der Waals surface area contributed by atoms with Crippen LogP contribution in [0.1, 0.15) is 38.2 Å². The largest absolute Gasteiger partial charge is 0.0654 e. The summed E-state index contributed by atoms with van der Waals surface area (Å²) in [6.45, 7) is 2.26. The summed E-state index contributed by atoms with van der Waals surface area (Å²) in [6, 6.07) is 15.3. The van der Waals surface area contributed by atoms with Crippen LogP contribution in [0.2, 0.25) is 0 Å². The van der Waals surface area contributed by atoms with E-state index in [0.717, 1.165) is 0 Å². The summed E-state index contributed by atoms with van der Waals surface area (Å²) in [5, 5.41) is 2.80. The van der Waals surface area contributed by atoms with Gasteiger partial charge in [-0.15, -0.1) is 0 Å². The van der Waals surface area contributed by atoms with E-state index in [0.29, 0.717) is 0 Å². The maximum Gasteiger partial charge on any atom is -0.0152 e. The Morgan fingerprint density at radius 2 is 1.62 bits per heavy atom. The van der Waals surface area contributed by atoms with Crippen LogP contribution in [0, 0.1) is 0 Å². The Kier molecular flexibility index (Phi) is 3.98. The van der Waals surface area contributed by atoms with Gasteiger partial charge in [-0.05, 0) is 29.2 Å². The minimum atomic E-state index is 1.22. The second kappa shape index (κ2) is 5.69. The molecule has 0 saturated heterocycles. The first-order chi connectivity index (χ1) is 7.92. The Hall–Kier alpha value is -1.30. The van der Waals surface area contributed by atoms with E-state index in [2.05, 4.69) is 49.4 Å². The van der Waals surface area contributed by atoms with Crippen LogP contribution in [-0.2, 0) is 6.42 Å². The smallest absolute Gasteiger partial charge is 0.0152 e. The van der Waals surface area contributed by atoms with Gasteiger partial charge in [0.2, 0.25) is 0 Å². The van der Waals surface area contributed by atoms with Crippen LogP contribution in [0.5, 0.6) is 0 Å². The van der Waals surface area contributed by atoms with Gasteiger partial charge in [0.05, 0.1) is 0 Å². The molecule has 0 bridgehead atoms. The summed E-state index contributed by atoms with van der Waals surface area (Å²) >= 11 is 0. The Balaban J connectivity index is 2.11. The maximum atomic E-state index is 2.27. The molecule has 0 fully saturated rings. The first-order valence-corrected chi connectivity index (χ1v) is 6.38. The van der Waals surface area contributed by atoms with Crippen molar-refractivity contribution in [2.75, 3.05) is 0 Å². The summed E-state index contributed by atoms with van der Waals surface area (Å²) in [6.07, 6.45) is 6.59. The van der Waals surface area contributed by atoms with Crippen molar-refractivity contribution in [2.24, 2.45) is 0 Å². The number of hydrogen-bond acceptors (Lipinski definition) is 0. The van der Waals surface area contributed by atoms with E-state index in [4.69, 9.17) is 0 Å². The van der Waals surface area contributed by atoms with Gasteiger partial charge in [-0.3, -0.25) is 0 Å². The highest BCUT2D eigenvalue weighted by molar-refractivity contribution is 5.85. The van der Waals surface area contributed by atoms with E-state index in [-0.39, 0.29) is 0 Å². The topological polar surface area (TPSA) is 0 Å². The Morgan fingerprint density at radius 3 is 2.50 bits per heavy atom. The SMILES string of the molecule is CCCCCCc1cccc2ccccc12. The highest BCUT2D eigenvalue weighted by Crippen LogP contribution is 2.20. The molecule has 16 heavy (non-hydrogen) atoms. The zero-order chi connectivity index (χ0) is 11.2. The van der Waals surface area contributed by atoms with Crippen molar-refractivity contribution in [2.45, 2.75) is 39.0 Å². The lowest BCUT2D eigenvalue weighted by molar-refractivity contribution is 0.668. The fourth-order valence-electron chi connectivity index (χ4n) is 2.25. The van der Waals surface area contributed by atoms with E-state index in [9.17, 15) is 0 Å². The molecule has 2 aromatic carbocycles. The lowest BCUT2D eigenvalue weighted by Gasteiger charge is -2.06. The van der Waals surface area contributed by atoms with Crippen molar-refractivity contribution in [3.8, 4) is 0 Å². The summed E-state index contributed by atoms with van der Waals surface area (Å²) in [5.41, 5.74) is 1.51. The minimum absolute atomic E-state index is 1.22. The Bertz CT molecular complexity index is 437. The monoisotopic (exact) mass is 212 g/mol. The summed E-state index contributed by atoms with van der Waals surface area (Å²) in [5.74, 6) is 0. The van der Waals surface area contributed by atoms with Crippen molar-refractivity contribution in [1.29, 1.82) is 0 Å². The molecule has 0 aliphatic heterocycles. The van der Waals surface area contributed by atoms with Crippen LogP contribution in [0.15, 0.2) is 42.5 Å². The lowest BCUT2D eigenvalue weighted by atomic mass is 9.99. The van der Waals surface area contributed by atoms with Crippen molar-refractivity contribution in [3.05, 3.63) is 48.0 Å². The molecule has 0 heterocycles. The molecule has 2 rings (SSSR count). The van der Waals surface area contributed by atoms with Gasteiger partial charge in [0.25, 0.3) is 0 Å². The standard InChI is InChI=1S/C16H20/c1-2-3-4-5-9-14-11-8-12-15-10-6-7-13-16(14)15/h6-8,10-13H,2-5,9H2,1H3. The van der Waals surface area contributed by atoms with Crippen molar-refractivity contribution in [3.63, 3.8) is 0 Å². The van der Waals surface area contributed by atoms with Gasteiger partial charge in [0.15, 0.2) is 0 Å². The van der Waals surface area contributed by atoms with Gasteiger partial charge in [-0.25, -0.2) is 0 Å². The molecule has 0 spiro atoms. The second-order valence-electron chi connectivity index (χ2n) is 4.45. The van der Waals surface area contributed by atoms with Crippen LogP contribution in [-0.4, -0.2) is 0 Å². The minimum Gasteiger partial charge on any atom is -0.0654 e. The van der Waals surface area contributed by atoms with E-state index >= 15 is 0 Å². The number of benzene rings is 2. The molecule has 0 saturated carbocycles. The fourth-order valence-corrected chi connectivity index (χ4v) is 2.25. The molecular weight excluding hydrogens is 192 g/mol. The molecule has 0 unspecified atom stereocenters. The van der Waals surface area contributed by atoms with Crippen molar-refractivity contribution >= 4 is 10.8 Å². The molecule has 0 N–H and O–H groups in total. The van der Waals surface area contributed by atoms with Crippen LogP contribution in [0.3, 0.4) is 0 Å². The summed E-state index contributed by atoms with van der Waals surface area (Å²) < 4.78 is 0. The molecule has 0 aromatic heterocycles. The molecule has 0 atom stereocenters. The van der Waals surface area contributed by atoms with Gasteiger partial charge >= 0.3 is 0 Å². The van der Waals surface area contributed by atoms with E-state index in [1.165, 1.54) is 48.4 Å². The maximum absolute atomic E-state index is 2.27. The zero-order valence-electron chi connectivity index (χ0n) is 10.1. The van der Waals surface area contributed by atoms with Crippen molar-refractivity contribution in [1.82, 2.24) is 0 Å². The van der Waals surface area contributed by atoms with Gasteiger partial charge in [-0.1, -0.05) is 68.7 Å². The molecule has 0 aliphatic rings. The van der Waals surface area contributed by atoms with Gasteiger partial charge in [-0.2, -0.15) is 0 Å². The fraction of sp³-hybridized carbons (Fsp3) is 0.375. The predicted octanol–water partition coefficient (Wildman–Crippen LogP) is 4.96. The Labute approximate surface area is 98.3 Å². The van der Waals surface area contributed by atoms with Gasteiger partial charge in [0, 0.05) is 0 Å². The third-order valence-electron chi connectivity index (χ3n) is 3.18. The average Bonchev–Trinajstić information content (AvgIpc) is 2.35. The quantitative estimate of drug-likeness (QED) is 0.614. The van der Waals surface area contributed by atoms with Crippen LogP contribution >= 0.6 is 0 Å². The number of rotatable bonds is 5. The van der Waals surface area contributed by atoms with Gasteiger partial charge in [0.1, 0.15) is 0 Å². The number of hydrogen-bond donors (Lipinski definition) is 0. The lowest BCUT2D eigenvalue weighted by Crippen LogP contribution is -1.87. The molecule has 2 aromatic rings. The van der Waals surface area contributed by atoms with Gasteiger partial charge < -0.3 is 0 Å². The normalized spacial score (nSPS) is 10.8. The molecule has 0 radical (unpaired) electrons. The number of fused-ring (bicyclic) bond motifs is 1. The highest BCUT2D eigenvalue weighted by atomic mass is 14.0. The predicted molar refractivity (Wildman–Crippen MR) is 71.8 cm³/mol. The molecular formula is C16H20. The Morgan fingerprint density at radius 1 is 0.812 bits per heavy atom. The molecule has 0 heteroatoms. The van der Waals surface area contributed by atoms with Crippen molar-refractivity contribution < 1.29 is 0 Å². The second-order valence-corrected chi connectivity index (χ2v) is 4.45. The first kappa shape index (κ1) is 11.2. The van der Waals surface area contributed by atoms with E-state index in [1.807, 2.05) is 0 Å². The number of unbranched alkanes of at least 4 members (excludes halogenated alkanes) is 3. The third kappa shape index (κ3) is 2.63. The van der Waals surface area contributed by atoms with Crippen LogP contribution < -0.4 is 0 Å². The third-order valence-corrected chi connectivity index (χ3v) is 3.18.